The van der Waals surface area contributed by atoms with E-state index < -0.39 is 0 Å². The van der Waals surface area contributed by atoms with Gasteiger partial charge in [0.15, 0.2) is 0 Å². The number of aromatic nitrogens is 4. The van der Waals surface area contributed by atoms with Gasteiger partial charge in [-0.05, 0) is 98.7 Å². The molecule has 0 saturated carbocycles. The van der Waals surface area contributed by atoms with Gasteiger partial charge in [0, 0.05) is 36.6 Å². The Bertz CT molecular complexity index is 1940. The lowest BCUT2D eigenvalue weighted by atomic mass is 10.1. The third kappa shape index (κ3) is 8.88. The van der Waals surface area contributed by atoms with Gasteiger partial charge < -0.3 is 14.4 Å². The van der Waals surface area contributed by atoms with E-state index in [4.69, 9.17) is 9.47 Å². The van der Waals surface area contributed by atoms with E-state index in [9.17, 15) is 0 Å². The quantitative estimate of drug-likeness (QED) is 0.132. The van der Waals surface area contributed by atoms with Crippen molar-refractivity contribution in [3.05, 3.63) is 108 Å². The Morgan fingerprint density at radius 1 is 0.592 bits per heavy atom. The fraction of sp³-hybridized carbons (Fsp3) is 0.366. The monoisotopic (exact) mass is 658 g/mol. The molecular formula is C41H50N6O2. The summed E-state index contributed by atoms with van der Waals surface area (Å²) in [5.41, 5.74) is 4.29. The van der Waals surface area contributed by atoms with Crippen LogP contribution in [0.5, 0.6) is 11.8 Å². The van der Waals surface area contributed by atoms with Gasteiger partial charge in [-0.2, -0.15) is 0 Å². The summed E-state index contributed by atoms with van der Waals surface area (Å²) in [7, 11) is 0. The minimum absolute atomic E-state index is 0.663. The molecule has 8 nitrogen and oxygen atoms in total. The number of hydrogen-bond acceptors (Lipinski definition) is 6. The van der Waals surface area contributed by atoms with Crippen LogP contribution in [-0.2, 0) is 0 Å². The molecule has 2 aromatic heterocycles. The molecule has 0 radical (unpaired) electrons. The predicted octanol–water partition coefficient (Wildman–Crippen LogP) is 8.25. The number of aryl methyl sites for hydroxylation is 2. The number of likely N-dealkylation sites (N-methyl/N-ethyl adjacent to an activating group) is 1. The van der Waals surface area contributed by atoms with E-state index in [0.717, 1.165) is 48.9 Å². The first-order valence-corrected chi connectivity index (χ1v) is 17.8. The lowest BCUT2D eigenvalue weighted by Gasteiger charge is -2.25. The molecule has 1 aliphatic rings. The number of rotatable bonds is 12. The lowest BCUT2D eigenvalue weighted by Crippen LogP contribution is -2.33. The molecule has 0 spiro atoms. The van der Waals surface area contributed by atoms with E-state index in [2.05, 4.69) is 133 Å². The smallest absolute Gasteiger partial charge is 0.233 e. The maximum absolute atomic E-state index is 5.91. The highest BCUT2D eigenvalue weighted by Crippen LogP contribution is 2.23. The van der Waals surface area contributed by atoms with Crippen molar-refractivity contribution in [1.29, 1.82) is 0 Å². The van der Waals surface area contributed by atoms with Gasteiger partial charge >= 0.3 is 0 Å². The van der Waals surface area contributed by atoms with Crippen LogP contribution >= 0.6 is 0 Å². The van der Waals surface area contributed by atoms with Gasteiger partial charge in [0.2, 0.25) is 11.8 Å². The first kappa shape index (κ1) is 34.2. The van der Waals surface area contributed by atoms with Gasteiger partial charge in [0.05, 0.1) is 11.4 Å². The number of fused-ring (bicyclic) bond motifs is 2. The summed E-state index contributed by atoms with van der Waals surface area (Å²) in [4.78, 5) is 4.82. The van der Waals surface area contributed by atoms with Crippen LogP contribution in [0, 0.1) is 13.8 Å². The molecule has 256 valence electrons. The largest absolute Gasteiger partial charge is 0.475 e. The lowest BCUT2D eigenvalue weighted by molar-refractivity contribution is 0.180. The minimum Gasteiger partial charge on any atom is -0.475 e. The second-order valence-electron chi connectivity index (χ2n) is 12.8. The third-order valence-corrected chi connectivity index (χ3v) is 9.34. The molecule has 0 unspecified atom stereocenters. The normalized spacial score (nSPS) is 13.5. The topological polar surface area (TPSA) is 60.6 Å². The van der Waals surface area contributed by atoms with Gasteiger partial charge in [-0.3, -0.25) is 4.90 Å². The van der Waals surface area contributed by atoms with Crippen LogP contribution in [0.15, 0.2) is 97.1 Å². The van der Waals surface area contributed by atoms with Gasteiger partial charge in [0.1, 0.15) is 13.2 Å². The van der Waals surface area contributed by atoms with Crippen LogP contribution in [0.25, 0.3) is 32.9 Å². The van der Waals surface area contributed by atoms with Crippen LogP contribution in [0.3, 0.4) is 0 Å². The van der Waals surface area contributed by atoms with Crippen molar-refractivity contribution in [2.75, 3.05) is 52.5 Å². The second-order valence-corrected chi connectivity index (χ2v) is 12.8. The van der Waals surface area contributed by atoms with E-state index in [-0.39, 0.29) is 0 Å². The van der Waals surface area contributed by atoms with E-state index in [1.807, 2.05) is 21.5 Å². The Labute approximate surface area is 290 Å². The standard InChI is InChI=1S/C21H25N3O.C20H25N3O/c1-17-15-21(25-14-13-23-11-5-2-6-12-23)22-24(17)20-10-9-18-7-3-4-8-19(18)16-20;1-4-22(5-2)12-13-24-20-14-16(3)23(21-20)19-11-10-17-8-6-7-9-18(17)15-19/h3-4,7-10,15-16H,2,5-6,11-14H2,1H3;6-11,14-15H,4-5,12-13H2,1-3H3. The van der Waals surface area contributed by atoms with E-state index in [1.165, 1.54) is 53.9 Å². The molecule has 49 heavy (non-hydrogen) atoms. The zero-order valence-corrected chi connectivity index (χ0v) is 29.5. The van der Waals surface area contributed by atoms with Crippen LogP contribution in [0.2, 0.25) is 0 Å². The summed E-state index contributed by atoms with van der Waals surface area (Å²) in [5.74, 6) is 1.40. The Morgan fingerprint density at radius 3 is 1.59 bits per heavy atom. The van der Waals surface area contributed by atoms with Gasteiger partial charge in [-0.15, -0.1) is 10.2 Å². The van der Waals surface area contributed by atoms with Crippen molar-refractivity contribution < 1.29 is 9.47 Å². The molecule has 4 aromatic carbocycles. The van der Waals surface area contributed by atoms with Crippen LogP contribution < -0.4 is 9.47 Å². The zero-order valence-electron chi connectivity index (χ0n) is 29.5. The molecule has 6 aromatic rings. The number of piperidine rings is 1. The highest BCUT2D eigenvalue weighted by Gasteiger charge is 2.12. The molecule has 0 N–H and O–H groups in total. The summed E-state index contributed by atoms with van der Waals surface area (Å²) in [6.07, 6.45) is 4.00. The Kier molecular flexibility index (Phi) is 11.6. The molecule has 7 rings (SSSR count). The first-order valence-electron chi connectivity index (χ1n) is 17.8. The molecule has 1 fully saturated rings. The van der Waals surface area contributed by atoms with Crippen molar-refractivity contribution in [3.63, 3.8) is 0 Å². The summed E-state index contributed by atoms with van der Waals surface area (Å²) < 4.78 is 15.6. The summed E-state index contributed by atoms with van der Waals surface area (Å²) in [6.45, 7) is 16.2. The first-order chi connectivity index (χ1) is 24.0. The van der Waals surface area contributed by atoms with E-state index >= 15 is 0 Å². The summed E-state index contributed by atoms with van der Waals surface area (Å²) in [6, 6.07) is 33.6. The molecule has 0 atom stereocenters. The average molecular weight is 659 g/mol. The second kappa shape index (κ2) is 16.6. The van der Waals surface area contributed by atoms with Crippen LogP contribution in [0.4, 0.5) is 0 Å². The Morgan fingerprint density at radius 2 is 1.08 bits per heavy atom. The maximum Gasteiger partial charge on any atom is 0.233 e. The van der Waals surface area contributed by atoms with Crippen molar-refractivity contribution in [3.8, 4) is 23.1 Å². The van der Waals surface area contributed by atoms with Gasteiger partial charge in [-0.25, -0.2) is 9.36 Å². The van der Waals surface area contributed by atoms with E-state index in [1.54, 1.807) is 0 Å². The fourth-order valence-corrected chi connectivity index (χ4v) is 6.45. The fourth-order valence-electron chi connectivity index (χ4n) is 6.45. The molecule has 3 heterocycles. The molecule has 0 aliphatic carbocycles. The van der Waals surface area contributed by atoms with Crippen molar-refractivity contribution in [2.45, 2.75) is 47.0 Å². The van der Waals surface area contributed by atoms with Crippen molar-refractivity contribution >= 4 is 21.5 Å². The predicted molar refractivity (Wildman–Crippen MR) is 201 cm³/mol. The number of benzene rings is 4. The molecular weight excluding hydrogens is 608 g/mol. The van der Waals surface area contributed by atoms with Gasteiger partial charge in [-0.1, -0.05) is 80.9 Å². The highest BCUT2D eigenvalue weighted by atomic mass is 16.5. The SMILES string of the molecule is CCN(CC)CCOc1cc(C)n(-c2ccc3ccccc3c2)n1.Cc1cc(OCCN2CCCCC2)nn1-c1ccc2ccccc2c1. The number of likely N-dealkylation sites (tertiary alicyclic amines) is 1. The molecule has 8 heteroatoms. The van der Waals surface area contributed by atoms with Crippen molar-refractivity contribution in [2.24, 2.45) is 0 Å². The zero-order chi connectivity index (χ0) is 34.0. The number of ether oxygens (including phenoxy) is 2. The Hall–Kier alpha value is -4.66. The average Bonchev–Trinajstić information content (AvgIpc) is 3.71. The minimum atomic E-state index is 0.663. The molecule has 0 amide bonds. The summed E-state index contributed by atoms with van der Waals surface area (Å²) >= 11 is 0. The highest BCUT2D eigenvalue weighted by molar-refractivity contribution is 5.85. The molecule has 1 saturated heterocycles. The number of hydrogen-bond donors (Lipinski definition) is 0. The summed E-state index contributed by atoms with van der Waals surface area (Å²) in [5, 5.41) is 14.2. The van der Waals surface area contributed by atoms with E-state index in [0.29, 0.717) is 25.0 Å². The van der Waals surface area contributed by atoms with Crippen molar-refractivity contribution in [1.82, 2.24) is 29.4 Å². The third-order valence-electron chi connectivity index (χ3n) is 9.34. The van der Waals surface area contributed by atoms with Crippen LogP contribution in [0.1, 0.15) is 44.5 Å². The number of nitrogens with zero attached hydrogens (tertiary/aromatic N) is 6. The van der Waals surface area contributed by atoms with Crippen LogP contribution in [-0.4, -0.2) is 81.8 Å². The Balaban J connectivity index is 0.000000170. The molecule has 1 aliphatic heterocycles. The maximum atomic E-state index is 5.91. The van der Waals surface area contributed by atoms with Gasteiger partial charge in [0.25, 0.3) is 0 Å². The molecule has 0 bridgehead atoms.